The molecule has 0 unspecified atom stereocenters. The molecule has 2 aromatic heterocycles. The Morgan fingerprint density at radius 2 is 2.04 bits per heavy atom. The molecule has 3 N–H and O–H groups in total. The van der Waals surface area contributed by atoms with Gasteiger partial charge in [-0.2, -0.15) is 5.10 Å². The van der Waals surface area contributed by atoms with Crippen LogP contribution in [0.1, 0.15) is 21.1 Å². The number of nitrogens with zero attached hydrogens (tertiary/aromatic N) is 3. The Kier molecular flexibility index (Phi) is 3.88. The molecule has 3 rings (SSSR count). The Morgan fingerprint density at radius 3 is 2.65 bits per heavy atom. The number of primary sulfonamides is 1. The van der Waals surface area contributed by atoms with Gasteiger partial charge in [-0.15, -0.1) is 0 Å². The topological polar surface area (TPSA) is 119 Å². The van der Waals surface area contributed by atoms with Crippen LogP contribution in [-0.4, -0.2) is 28.9 Å². The lowest BCUT2D eigenvalue weighted by atomic mass is 10.2. The molecule has 8 nitrogen and oxygen atoms in total. The van der Waals surface area contributed by atoms with Crippen LogP contribution in [0.2, 0.25) is 0 Å². The number of hydrogen-bond donors (Lipinski definition) is 2. The third kappa shape index (κ3) is 3.38. The first-order valence-corrected chi connectivity index (χ1v) is 8.92. The summed E-state index contributed by atoms with van der Waals surface area (Å²) in [6, 6.07) is 5.41. The Morgan fingerprint density at radius 1 is 1.35 bits per heavy atom. The summed E-state index contributed by atoms with van der Waals surface area (Å²) in [6.07, 6.45) is 1.75. The van der Waals surface area contributed by atoms with Gasteiger partial charge in [-0.25, -0.2) is 23.1 Å². The molecule has 0 fully saturated rings. The van der Waals surface area contributed by atoms with E-state index in [2.05, 4.69) is 15.4 Å². The summed E-state index contributed by atoms with van der Waals surface area (Å²) in [5, 5.41) is 12.9. The van der Waals surface area contributed by atoms with Gasteiger partial charge >= 0.3 is 0 Å². The SMILES string of the molecule is Cc1nn2cc(CNC(=O)c3ccc(S(N)(=O)=O)cc3)nc2s1. The van der Waals surface area contributed by atoms with Gasteiger partial charge in [0.15, 0.2) is 0 Å². The minimum atomic E-state index is -3.76. The van der Waals surface area contributed by atoms with E-state index in [9.17, 15) is 13.2 Å². The number of rotatable bonds is 4. The molecule has 0 atom stereocenters. The predicted molar refractivity (Wildman–Crippen MR) is 84.6 cm³/mol. The molecule has 3 aromatic rings. The number of amides is 1. The molecular formula is C13H13N5O3S2. The van der Waals surface area contributed by atoms with E-state index in [4.69, 9.17) is 5.14 Å². The summed E-state index contributed by atoms with van der Waals surface area (Å²) >= 11 is 1.47. The Hall–Kier alpha value is -2.30. The van der Waals surface area contributed by atoms with Crippen molar-refractivity contribution in [2.45, 2.75) is 18.4 Å². The standard InChI is InChI=1S/C13H13N5O3S2/c1-8-17-18-7-10(16-13(18)22-8)6-15-12(19)9-2-4-11(5-3-9)23(14,20)21/h2-5,7H,6H2,1H3,(H,15,19)(H2,14,20,21). The fourth-order valence-electron chi connectivity index (χ4n) is 2.00. The third-order valence-corrected chi connectivity index (χ3v) is 4.84. The van der Waals surface area contributed by atoms with Crippen LogP contribution in [0.5, 0.6) is 0 Å². The van der Waals surface area contributed by atoms with Crippen LogP contribution < -0.4 is 10.5 Å². The largest absolute Gasteiger partial charge is 0.346 e. The summed E-state index contributed by atoms with van der Waals surface area (Å²) in [4.78, 5) is 17.1. The van der Waals surface area contributed by atoms with E-state index in [1.807, 2.05) is 6.92 Å². The highest BCUT2D eigenvalue weighted by atomic mass is 32.2. The molecule has 23 heavy (non-hydrogen) atoms. The second-order valence-corrected chi connectivity index (χ2v) is 7.55. The van der Waals surface area contributed by atoms with Crippen LogP contribution in [0.3, 0.4) is 0 Å². The molecule has 0 aliphatic heterocycles. The number of carbonyl (C=O) groups is 1. The Balaban J connectivity index is 1.67. The first-order chi connectivity index (χ1) is 10.8. The van der Waals surface area contributed by atoms with Crippen LogP contribution >= 0.6 is 11.3 Å². The molecule has 1 amide bonds. The molecule has 10 heteroatoms. The number of nitrogens with one attached hydrogen (secondary N) is 1. The number of nitrogens with two attached hydrogens (primary N) is 1. The zero-order valence-corrected chi connectivity index (χ0v) is 13.7. The normalized spacial score (nSPS) is 11.7. The van der Waals surface area contributed by atoms with Gasteiger partial charge in [0.1, 0.15) is 5.01 Å². The molecule has 1 aromatic carbocycles. The first-order valence-electron chi connectivity index (χ1n) is 6.56. The summed E-state index contributed by atoms with van der Waals surface area (Å²) < 4.78 is 24.0. The van der Waals surface area contributed by atoms with E-state index < -0.39 is 10.0 Å². The third-order valence-electron chi connectivity index (χ3n) is 3.07. The number of aromatic nitrogens is 3. The van der Waals surface area contributed by atoms with Crippen molar-refractivity contribution in [2.24, 2.45) is 5.14 Å². The van der Waals surface area contributed by atoms with Gasteiger partial charge in [-0.05, 0) is 31.2 Å². The second-order valence-electron chi connectivity index (χ2n) is 4.83. The van der Waals surface area contributed by atoms with Crippen molar-refractivity contribution in [3.8, 4) is 0 Å². The zero-order chi connectivity index (χ0) is 16.6. The van der Waals surface area contributed by atoms with Crippen molar-refractivity contribution in [1.82, 2.24) is 19.9 Å². The van der Waals surface area contributed by atoms with Crippen molar-refractivity contribution in [3.05, 3.63) is 46.7 Å². The number of sulfonamides is 1. The fourth-order valence-corrected chi connectivity index (χ4v) is 3.26. The molecule has 2 heterocycles. The minimum Gasteiger partial charge on any atom is -0.346 e. The minimum absolute atomic E-state index is 0.0372. The number of imidazole rings is 1. The summed E-state index contributed by atoms with van der Waals surface area (Å²) in [6.45, 7) is 2.15. The average Bonchev–Trinajstić information content (AvgIpc) is 3.00. The van der Waals surface area contributed by atoms with Crippen molar-refractivity contribution >= 4 is 32.2 Å². The van der Waals surface area contributed by atoms with Crippen molar-refractivity contribution in [3.63, 3.8) is 0 Å². The van der Waals surface area contributed by atoms with E-state index in [0.29, 0.717) is 11.3 Å². The highest BCUT2D eigenvalue weighted by Crippen LogP contribution is 2.13. The molecule has 0 saturated heterocycles. The van der Waals surface area contributed by atoms with Crippen molar-refractivity contribution in [2.75, 3.05) is 0 Å². The lowest BCUT2D eigenvalue weighted by Crippen LogP contribution is -2.23. The van der Waals surface area contributed by atoms with Gasteiger partial charge in [-0.3, -0.25) is 4.79 Å². The van der Waals surface area contributed by atoms with Crippen LogP contribution in [0, 0.1) is 6.92 Å². The number of hydrogen-bond acceptors (Lipinski definition) is 6. The lowest BCUT2D eigenvalue weighted by Gasteiger charge is -2.04. The predicted octanol–water partition coefficient (Wildman–Crippen LogP) is 0.677. The fraction of sp³-hybridized carbons (Fsp3) is 0.154. The number of aryl methyl sites for hydroxylation is 1. The zero-order valence-electron chi connectivity index (χ0n) is 12.1. The summed E-state index contributed by atoms with van der Waals surface area (Å²) in [5.41, 5.74) is 1.03. The van der Waals surface area contributed by atoms with Gasteiger partial charge in [0.2, 0.25) is 15.0 Å². The summed E-state index contributed by atoms with van der Waals surface area (Å²) in [5.74, 6) is -0.327. The highest BCUT2D eigenvalue weighted by molar-refractivity contribution is 7.89. The Bertz CT molecular complexity index is 941. The lowest BCUT2D eigenvalue weighted by molar-refractivity contribution is 0.0950. The second kappa shape index (κ2) is 5.72. The quantitative estimate of drug-likeness (QED) is 0.716. The average molecular weight is 351 g/mol. The molecule has 0 spiro atoms. The van der Waals surface area contributed by atoms with Crippen molar-refractivity contribution < 1.29 is 13.2 Å². The molecule has 0 saturated carbocycles. The maximum atomic E-state index is 12.0. The van der Waals surface area contributed by atoms with Crippen LogP contribution in [0.25, 0.3) is 4.96 Å². The maximum Gasteiger partial charge on any atom is 0.251 e. The van der Waals surface area contributed by atoms with E-state index in [1.54, 1.807) is 10.7 Å². The van der Waals surface area contributed by atoms with Crippen LogP contribution in [0.4, 0.5) is 0 Å². The van der Waals surface area contributed by atoms with Gasteiger partial charge in [0.25, 0.3) is 5.91 Å². The van der Waals surface area contributed by atoms with E-state index in [1.165, 1.54) is 35.6 Å². The molecule has 0 bridgehead atoms. The van der Waals surface area contributed by atoms with Gasteiger partial charge in [0.05, 0.1) is 23.3 Å². The van der Waals surface area contributed by atoms with Crippen LogP contribution in [0.15, 0.2) is 35.4 Å². The number of fused-ring (bicyclic) bond motifs is 1. The molecular weight excluding hydrogens is 338 g/mol. The molecule has 0 aliphatic carbocycles. The van der Waals surface area contributed by atoms with Gasteiger partial charge < -0.3 is 5.32 Å². The summed E-state index contributed by atoms with van der Waals surface area (Å²) in [7, 11) is -3.76. The first kappa shape index (κ1) is 15.6. The number of carbonyl (C=O) groups excluding carboxylic acids is 1. The van der Waals surface area contributed by atoms with E-state index in [0.717, 1.165) is 9.97 Å². The highest BCUT2D eigenvalue weighted by Gasteiger charge is 2.11. The van der Waals surface area contributed by atoms with Crippen LogP contribution in [-0.2, 0) is 16.6 Å². The van der Waals surface area contributed by atoms with Gasteiger partial charge in [-0.1, -0.05) is 11.3 Å². The smallest absolute Gasteiger partial charge is 0.251 e. The maximum absolute atomic E-state index is 12.0. The molecule has 0 aliphatic rings. The van der Waals surface area contributed by atoms with E-state index in [-0.39, 0.29) is 17.3 Å². The van der Waals surface area contributed by atoms with Gasteiger partial charge in [0, 0.05) is 5.56 Å². The molecule has 0 radical (unpaired) electrons. The Labute approximate surface area is 136 Å². The molecule has 120 valence electrons. The van der Waals surface area contributed by atoms with E-state index >= 15 is 0 Å². The number of benzene rings is 1. The monoisotopic (exact) mass is 351 g/mol. The van der Waals surface area contributed by atoms with Crippen molar-refractivity contribution in [1.29, 1.82) is 0 Å².